The Labute approximate surface area is 126 Å². The fourth-order valence-corrected chi connectivity index (χ4v) is 4.82. The van der Waals surface area contributed by atoms with Gasteiger partial charge in [-0.25, -0.2) is 0 Å². The van der Waals surface area contributed by atoms with E-state index < -0.39 is 12.2 Å². The van der Waals surface area contributed by atoms with E-state index in [1.165, 1.54) is 0 Å². The Kier molecular flexibility index (Phi) is 7.95. The third-order valence-electron chi connectivity index (χ3n) is 1.78. The Morgan fingerprint density at radius 3 is 1.95 bits per heavy atom. The first-order valence-electron chi connectivity index (χ1n) is 6.18. The predicted molar refractivity (Wildman–Crippen MR) is 86.8 cm³/mol. The van der Waals surface area contributed by atoms with Crippen LogP contribution in [0.4, 0.5) is 0 Å². The molecular weight excluding hydrogens is 303 g/mol. The van der Waals surface area contributed by atoms with Crippen molar-refractivity contribution in [2.24, 2.45) is 0 Å². The molecule has 5 nitrogen and oxygen atoms in total. The molecule has 0 fully saturated rings. The van der Waals surface area contributed by atoms with Crippen LogP contribution in [0.1, 0.15) is 41.5 Å². The summed E-state index contributed by atoms with van der Waals surface area (Å²) in [5, 5.41) is 15.4. The van der Waals surface area contributed by atoms with E-state index in [0.29, 0.717) is 5.11 Å². The summed E-state index contributed by atoms with van der Waals surface area (Å²) in [6, 6.07) is 0. The lowest BCUT2D eigenvalue weighted by Crippen LogP contribution is -2.49. The van der Waals surface area contributed by atoms with E-state index >= 15 is 0 Å². The monoisotopic (exact) mass is 328 g/mol. The van der Waals surface area contributed by atoms with Crippen LogP contribution in [0, 0.1) is 0 Å². The molecule has 0 amide bonds. The standard InChI is InChI=1S/C11H25N2O3PS2/c1-8(2)15-17(19,16-9(3)4)13-10(18)12-11(5,6)7-14/h8-9,14H,7H2,1-6H3,(H2,12,13,18,19). The second-order valence-corrected chi connectivity index (χ2v) is 8.90. The lowest BCUT2D eigenvalue weighted by Gasteiger charge is -2.31. The number of aliphatic hydroxyl groups excluding tert-OH is 1. The van der Waals surface area contributed by atoms with Gasteiger partial charge < -0.3 is 19.5 Å². The number of thiocarbonyl (C=S) groups is 1. The molecule has 0 aromatic rings. The molecule has 0 bridgehead atoms. The quantitative estimate of drug-likeness (QED) is 0.489. The first-order chi connectivity index (χ1) is 8.49. The highest BCUT2D eigenvalue weighted by molar-refractivity contribution is 8.09. The Hall–Kier alpha value is 0.220. The third-order valence-corrected chi connectivity index (χ3v) is 4.83. The first-order valence-corrected chi connectivity index (χ1v) is 9.22. The van der Waals surface area contributed by atoms with Gasteiger partial charge in [0.25, 0.3) is 6.64 Å². The normalized spacial score (nSPS) is 12.9. The molecule has 0 saturated heterocycles. The molecule has 19 heavy (non-hydrogen) atoms. The van der Waals surface area contributed by atoms with Crippen LogP contribution in [0.25, 0.3) is 0 Å². The van der Waals surface area contributed by atoms with Crippen molar-refractivity contribution in [3.05, 3.63) is 0 Å². The third kappa shape index (κ3) is 8.89. The minimum atomic E-state index is -2.69. The van der Waals surface area contributed by atoms with Gasteiger partial charge in [-0.15, -0.1) is 0 Å². The molecule has 0 atom stereocenters. The summed E-state index contributed by atoms with van der Waals surface area (Å²) >= 11 is 10.6. The van der Waals surface area contributed by atoms with Gasteiger partial charge in [0.05, 0.1) is 24.4 Å². The highest BCUT2D eigenvalue weighted by Gasteiger charge is 2.26. The zero-order valence-corrected chi connectivity index (χ0v) is 14.9. The Bertz CT molecular complexity index is 335. The van der Waals surface area contributed by atoms with Crippen LogP contribution in [0.3, 0.4) is 0 Å². The van der Waals surface area contributed by atoms with Gasteiger partial charge in [0, 0.05) is 0 Å². The maximum atomic E-state index is 9.20. The fraction of sp³-hybridized carbons (Fsp3) is 0.909. The summed E-state index contributed by atoms with van der Waals surface area (Å²) in [4.78, 5) is 0. The molecule has 0 rings (SSSR count). The van der Waals surface area contributed by atoms with Gasteiger partial charge >= 0.3 is 0 Å². The molecule has 0 heterocycles. The molecular formula is C11H25N2O3PS2. The summed E-state index contributed by atoms with van der Waals surface area (Å²) < 4.78 is 11.3. The number of nitrogens with one attached hydrogen (secondary N) is 2. The highest BCUT2D eigenvalue weighted by atomic mass is 32.5. The number of rotatable bonds is 7. The van der Waals surface area contributed by atoms with Gasteiger partial charge in [0.2, 0.25) is 0 Å². The highest BCUT2D eigenvalue weighted by Crippen LogP contribution is 2.46. The summed E-state index contributed by atoms with van der Waals surface area (Å²) in [7, 11) is 0. The van der Waals surface area contributed by atoms with E-state index in [1.54, 1.807) is 0 Å². The van der Waals surface area contributed by atoms with Crippen LogP contribution >= 0.6 is 18.9 Å². The topological polar surface area (TPSA) is 62.8 Å². The zero-order chi connectivity index (χ0) is 15.3. The average Bonchev–Trinajstić information content (AvgIpc) is 2.12. The van der Waals surface area contributed by atoms with Crippen molar-refractivity contribution in [1.29, 1.82) is 0 Å². The van der Waals surface area contributed by atoms with Gasteiger partial charge in [0.15, 0.2) is 5.11 Å². The molecule has 0 unspecified atom stereocenters. The van der Waals surface area contributed by atoms with Gasteiger partial charge in [-0.1, -0.05) is 0 Å². The van der Waals surface area contributed by atoms with E-state index in [0.717, 1.165) is 0 Å². The van der Waals surface area contributed by atoms with E-state index in [2.05, 4.69) is 10.4 Å². The van der Waals surface area contributed by atoms with Gasteiger partial charge in [-0.3, -0.25) is 5.09 Å². The first kappa shape index (κ1) is 19.2. The van der Waals surface area contributed by atoms with Crippen LogP contribution in [-0.4, -0.2) is 34.6 Å². The molecule has 0 spiro atoms. The van der Waals surface area contributed by atoms with Crippen LogP contribution in [-0.2, 0) is 20.9 Å². The Morgan fingerprint density at radius 2 is 1.63 bits per heavy atom. The van der Waals surface area contributed by atoms with E-state index in [1.807, 2.05) is 41.5 Å². The van der Waals surface area contributed by atoms with E-state index in [9.17, 15) is 5.11 Å². The average molecular weight is 328 g/mol. The second kappa shape index (κ2) is 7.86. The van der Waals surface area contributed by atoms with Crippen molar-refractivity contribution >= 4 is 35.8 Å². The van der Waals surface area contributed by atoms with Crippen LogP contribution in [0.15, 0.2) is 0 Å². The van der Waals surface area contributed by atoms with Crippen molar-refractivity contribution in [1.82, 2.24) is 10.4 Å². The minimum absolute atomic E-state index is 0.0478. The number of aliphatic hydroxyl groups is 1. The second-order valence-electron chi connectivity index (χ2n) is 5.41. The predicted octanol–water partition coefficient (Wildman–Crippen LogP) is 2.30. The van der Waals surface area contributed by atoms with Gasteiger partial charge in [-0.2, -0.15) is 0 Å². The van der Waals surface area contributed by atoms with Gasteiger partial charge in [-0.05, 0) is 65.6 Å². The molecule has 0 aliphatic heterocycles. The van der Waals surface area contributed by atoms with Crippen molar-refractivity contribution in [2.75, 3.05) is 6.61 Å². The SMILES string of the molecule is CC(C)OP(=S)(NC(=S)NC(C)(C)CO)OC(C)C. The van der Waals surface area contributed by atoms with Crippen molar-refractivity contribution in [3.8, 4) is 0 Å². The number of hydrogen-bond donors (Lipinski definition) is 3. The van der Waals surface area contributed by atoms with E-state index in [4.69, 9.17) is 33.1 Å². The minimum Gasteiger partial charge on any atom is -0.394 e. The van der Waals surface area contributed by atoms with Crippen LogP contribution in [0.2, 0.25) is 0 Å². The van der Waals surface area contributed by atoms with Crippen LogP contribution in [0.5, 0.6) is 0 Å². The molecule has 114 valence electrons. The molecule has 0 aliphatic rings. The fourth-order valence-electron chi connectivity index (χ4n) is 1.13. The Balaban J connectivity index is 4.74. The van der Waals surface area contributed by atoms with Gasteiger partial charge in [0.1, 0.15) is 0 Å². The smallest absolute Gasteiger partial charge is 0.289 e. The van der Waals surface area contributed by atoms with Crippen molar-refractivity contribution in [3.63, 3.8) is 0 Å². The molecule has 0 saturated carbocycles. The molecule has 0 aromatic carbocycles. The summed E-state index contributed by atoms with van der Waals surface area (Å²) in [6.07, 6.45) is -0.128. The molecule has 0 aliphatic carbocycles. The lowest BCUT2D eigenvalue weighted by atomic mass is 10.1. The molecule has 0 radical (unpaired) electrons. The summed E-state index contributed by atoms with van der Waals surface area (Å²) in [5.74, 6) is 0. The lowest BCUT2D eigenvalue weighted by molar-refractivity contribution is 0.171. The number of hydrogen-bond acceptors (Lipinski definition) is 5. The maximum absolute atomic E-state index is 9.20. The van der Waals surface area contributed by atoms with Crippen LogP contribution < -0.4 is 10.4 Å². The molecule has 0 aromatic heterocycles. The Morgan fingerprint density at radius 1 is 1.21 bits per heavy atom. The molecule has 8 heteroatoms. The molecule has 3 N–H and O–H groups in total. The summed E-state index contributed by atoms with van der Waals surface area (Å²) in [5.41, 5.74) is -0.528. The maximum Gasteiger partial charge on any atom is 0.289 e. The van der Waals surface area contributed by atoms with E-state index in [-0.39, 0.29) is 18.8 Å². The zero-order valence-electron chi connectivity index (χ0n) is 12.4. The summed E-state index contributed by atoms with van der Waals surface area (Å²) in [6.45, 7) is 8.48. The van der Waals surface area contributed by atoms with Crippen molar-refractivity contribution < 1.29 is 14.2 Å². The van der Waals surface area contributed by atoms with Crippen molar-refractivity contribution in [2.45, 2.75) is 59.3 Å². The largest absolute Gasteiger partial charge is 0.394 e.